The maximum Gasteiger partial charge on any atom is 0.408 e. The lowest BCUT2D eigenvalue weighted by Crippen LogP contribution is -2.60. The number of amides is 1. The number of nitrogens with two attached hydrogens (primary N) is 1. The van der Waals surface area contributed by atoms with Crippen LogP contribution in [0.1, 0.15) is 27.2 Å². The molecule has 6 nitrogen and oxygen atoms in total. The van der Waals surface area contributed by atoms with E-state index in [1.165, 1.54) is 0 Å². The lowest BCUT2D eigenvalue weighted by atomic mass is 9.91. The van der Waals surface area contributed by atoms with Gasteiger partial charge in [0.2, 0.25) is 0 Å². The maximum atomic E-state index is 11.7. The van der Waals surface area contributed by atoms with Crippen LogP contribution in [0.25, 0.3) is 0 Å². The summed E-state index contributed by atoms with van der Waals surface area (Å²) in [6, 6.07) is 0. The predicted molar refractivity (Wildman–Crippen MR) is 62.6 cm³/mol. The minimum atomic E-state index is -0.836. The number of ether oxygens (including phenoxy) is 2. The molecule has 2 atom stereocenters. The van der Waals surface area contributed by atoms with E-state index in [-0.39, 0.29) is 13.2 Å². The highest BCUT2D eigenvalue weighted by atomic mass is 16.6. The summed E-state index contributed by atoms with van der Waals surface area (Å²) in [5.74, 6) is 0. The molecule has 0 bridgehead atoms. The fraction of sp³-hybridized carbons (Fsp3) is 0.909. The minimum absolute atomic E-state index is 0.0686. The van der Waals surface area contributed by atoms with E-state index in [2.05, 4.69) is 5.32 Å². The monoisotopic (exact) mass is 246 g/mol. The molecule has 1 saturated heterocycles. The van der Waals surface area contributed by atoms with Gasteiger partial charge in [0.25, 0.3) is 0 Å². The van der Waals surface area contributed by atoms with Crippen molar-refractivity contribution >= 4 is 6.09 Å². The molecule has 1 aliphatic heterocycles. The zero-order valence-electron chi connectivity index (χ0n) is 10.7. The second kappa shape index (κ2) is 5.20. The Morgan fingerprint density at radius 3 is 2.71 bits per heavy atom. The van der Waals surface area contributed by atoms with Crippen molar-refractivity contribution in [1.82, 2.24) is 5.32 Å². The average molecular weight is 246 g/mol. The molecule has 0 aromatic carbocycles. The molecular weight excluding hydrogens is 224 g/mol. The van der Waals surface area contributed by atoms with E-state index in [1.54, 1.807) is 20.8 Å². The molecule has 4 N–H and O–H groups in total. The van der Waals surface area contributed by atoms with Crippen LogP contribution in [0.4, 0.5) is 4.79 Å². The van der Waals surface area contributed by atoms with Gasteiger partial charge in [0.1, 0.15) is 5.60 Å². The van der Waals surface area contributed by atoms with Crippen LogP contribution in [0, 0.1) is 0 Å². The van der Waals surface area contributed by atoms with Crippen molar-refractivity contribution in [2.75, 3.05) is 19.8 Å². The molecule has 0 aliphatic carbocycles. The van der Waals surface area contributed by atoms with Gasteiger partial charge in [0.05, 0.1) is 18.2 Å². The van der Waals surface area contributed by atoms with Crippen molar-refractivity contribution in [2.45, 2.75) is 44.4 Å². The Labute approximate surface area is 101 Å². The topological polar surface area (TPSA) is 93.8 Å². The Hall–Kier alpha value is -0.850. The Bertz CT molecular complexity index is 269. The van der Waals surface area contributed by atoms with Gasteiger partial charge in [-0.25, -0.2) is 4.79 Å². The van der Waals surface area contributed by atoms with Crippen LogP contribution in [-0.2, 0) is 9.47 Å². The summed E-state index contributed by atoms with van der Waals surface area (Å²) in [5, 5.41) is 12.6. The van der Waals surface area contributed by atoms with Crippen molar-refractivity contribution in [3.8, 4) is 0 Å². The fourth-order valence-corrected chi connectivity index (χ4v) is 1.76. The molecule has 100 valence electrons. The van der Waals surface area contributed by atoms with E-state index in [1.807, 2.05) is 0 Å². The molecule has 6 heteroatoms. The number of aliphatic hydroxyl groups excluding tert-OH is 1. The van der Waals surface area contributed by atoms with Gasteiger partial charge < -0.3 is 25.6 Å². The third-order valence-corrected chi connectivity index (χ3v) is 2.66. The van der Waals surface area contributed by atoms with Crippen LogP contribution in [0.15, 0.2) is 0 Å². The Morgan fingerprint density at radius 1 is 1.65 bits per heavy atom. The molecule has 1 amide bonds. The largest absolute Gasteiger partial charge is 0.444 e. The van der Waals surface area contributed by atoms with E-state index >= 15 is 0 Å². The summed E-state index contributed by atoms with van der Waals surface area (Å²) in [7, 11) is 0. The number of aliphatic hydroxyl groups is 1. The number of nitrogens with one attached hydrogen (secondary N) is 1. The fourth-order valence-electron chi connectivity index (χ4n) is 1.76. The molecule has 0 aromatic heterocycles. The molecule has 1 rings (SSSR count). The molecule has 1 unspecified atom stereocenters. The van der Waals surface area contributed by atoms with Gasteiger partial charge in [-0.3, -0.25) is 0 Å². The summed E-state index contributed by atoms with van der Waals surface area (Å²) in [5.41, 5.74) is 4.05. The average Bonchev–Trinajstić information content (AvgIpc) is 2.63. The molecule has 0 spiro atoms. The van der Waals surface area contributed by atoms with Crippen LogP contribution < -0.4 is 11.1 Å². The zero-order valence-corrected chi connectivity index (χ0v) is 10.7. The van der Waals surface area contributed by atoms with Crippen molar-refractivity contribution < 1.29 is 19.4 Å². The molecule has 0 aromatic rings. The summed E-state index contributed by atoms with van der Waals surface area (Å²) >= 11 is 0. The molecule has 0 radical (unpaired) electrons. The van der Waals surface area contributed by atoms with Gasteiger partial charge in [0, 0.05) is 13.2 Å². The van der Waals surface area contributed by atoms with Gasteiger partial charge in [0.15, 0.2) is 0 Å². The highest BCUT2D eigenvalue weighted by Crippen LogP contribution is 2.23. The highest BCUT2D eigenvalue weighted by Gasteiger charge is 2.43. The second-order valence-corrected chi connectivity index (χ2v) is 5.34. The van der Waals surface area contributed by atoms with Gasteiger partial charge >= 0.3 is 6.09 Å². The first kappa shape index (κ1) is 14.2. The minimum Gasteiger partial charge on any atom is -0.444 e. The van der Waals surface area contributed by atoms with Gasteiger partial charge in [-0.1, -0.05) is 0 Å². The van der Waals surface area contributed by atoms with Crippen LogP contribution in [0.3, 0.4) is 0 Å². The first-order chi connectivity index (χ1) is 7.79. The van der Waals surface area contributed by atoms with E-state index in [9.17, 15) is 9.90 Å². The number of hydrogen-bond acceptors (Lipinski definition) is 5. The summed E-state index contributed by atoms with van der Waals surface area (Å²) < 4.78 is 10.4. The third kappa shape index (κ3) is 3.83. The predicted octanol–water partition coefficient (Wildman–Crippen LogP) is -0.0102. The molecule has 1 aliphatic rings. The normalized spacial score (nSPS) is 26.6. The van der Waals surface area contributed by atoms with Crippen molar-refractivity contribution in [3.05, 3.63) is 0 Å². The van der Waals surface area contributed by atoms with Crippen LogP contribution in [-0.4, -0.2) is 48.2 Å². The smallest absolute Gasteiger partial charge is 0.408 e. The number of carbonyl (C=O) groups excluding carboxylic acids is 1. The number of alkyl carbamates (subject to hydrolysis) is 1. The first-order valence-corrected chi connectivity index (χ1v) is 5.76. The molecule has 17 heavy (non-hydrogen) atoms. The molecule has 1 heterocycles. The van der Waals surface area contributed by atoms with Gasteiger partial charge in [-0.2, -0.15) is 0 Å². The molecule has 0 saturated carbocycles. The number of rotatable bonds is 3. The molecule has 1 fully saturated rings. The Kier molecular flexibility index (Phi) is 4.35. The van der Waals surface area contributed by atoms with E-state index in [0.29, 0.717) is 13.0 Å². The maximum absolute atomic E-state index is 11.7. The summed E-state index contributed by atoms with van der Waals surface area (Å²) in [4.78, 5) is 11.7. The second-order valence-electron chi connectivity index (χ2n) is 5.34. The van der Waals surface area contributed by atoms with Crippen molar-refractivity contribution in [2.24, 2.45) is 5.73 Å². The van der Waals surface area contributed by atoms with Crippen LogP contribution in [0.2, 0.25) is 0 Å². The van der Waals surface area contributed by atoms with Gasteiger partial charge in [-0.05, 0) is 27.2 Å². The highest BCUT2D eigenvalue weighted by molar-refractivity contribution is 5.69. The lowest BCUT2D eigenvalue weighted by Gasteiger charge is -2.33. The standard InChI is InChI=1S/C11H22N2O4/c1-10(2,3)17-9(15)13-11(8(14)6-12)4-5-16-7-11/h8,14H,4-7,12H2,1-3H3,(H,13,15)/t8-,11?/m1/s1. The summed E-state index contributed by atoms with van der Waals surface area (Å²) in [6.07, 6.45) is -0.863. The Morgan fingerprint density at radius 2 is 2.29 bits per heavy atom. The van der Waals surface area contributed by atoms with E-state index < -0.39 is 23.3 Å². The zero-order chi connectivity index (χ0) is 13.1. The van der Waals surface area contributed by atoms with E-state index in [0.717, 1.165) is 0 Å². The first-order valence-electron chi connectivity index (χ1n) is 5.76. The quantitative estimate of drug-likeness (QED) is 0.651. The van der Waals surface area contributed by atoms with Crippen molar-refractivity contribution in [1.29, 1.82) is 0 Å². The third-order valence-electron chi connectivity index (χ3n) is 2.66. The SMILES string of the molecule is CC(C)(C)OC(=O)NC1([C@H](O)CN)CCOC1. The van der Waals surface area contributed by atoms with Gasteiger partial charge in [-0.15, -0.1) is 0 Å². The van der Waals surface area contributed by atoms with E-state index in [4.69, 9.17) is 15.2 Å². The lowest BCUT2D eigenvalue weighted by molar-refractivity contribution is 0.0191. The number of hydrogen-bond donors (Lipinski definition) is 3. The Balaban J connectivity index is 2.65. The van der Waals surface area contributed by atoms with Crippen molar-refractivity contribution in [3.63, 3.8) is 0 Å². The van der Waals surface area contributed by atoms with Crippen LogP contribution >= 0.6 is 0 Å². The van der Waals surface area contributed by atoms with Crippen LogP contribution in [0.5, 0.6) is 0 Å². The summed E-state index contributed by atoms with van der Waals surface area (Å²) in [6.45, 7) is 6.16. The molecular formula is C11H22N2O4. The number of carbonyl (C=O) groups is 1.